The Morgan fingerprint density at radius 2 is 0.553 bits per heavy atom. The Hall–Kier alpha value is -0.510. The third kappa shape index (κ3) is 45.5. The first-order valence-corrected chi connectivity index (χ1v) is 22.3. The Balaban J connectivity index is 3.06. The summed E-state index contributed by atoms with van der Waals surface area (Å²) in [6.45, 7) is 0.827. The molecule has 0 radical (unpaired) electrons. The standard InChI is InChI=1S/C40H80NO5P/c42-40-41-38-36-34-32-30-28-26-24-22-20-18-16-14-12-10-8-6-4-2-1-3-5-7-9-11-13-15-17-19-21-23-25-27-29-31-33-35-37-39-46-47(43,44)45/h1-39H2,(H2,43,44,45). The van der Waals surface area contributed by atoms with E-state index in [1.54, 1.807) is 6.08 Å². The van der Waals surface area contributed by atoms with Crippen LogP contribution in [0.5, 0.6) is 0 Å². The van der Waals surface area contributed by atoms with E-state index in [0.717, 1.165) is 25.7 Å². The van der Waals surface area contributed by atoms with Crippen LogP contribution < -0.4 is 0 Å². The van der Waals surface area contributed by atoms with Crippen LogP contribution in [0.4, 0.5) is 0 Å². The normalized spacial score (nSPS) is 11.7. The van der Waals surface area contributed by atoms with Crippen molar-refractivity contribution in [3.05, 3.63) is 0 Å². The maximum Gasteiger partial charge on any atom is 0.469 e. The second-order valence-corrected chi connectivity index (χ2v) is 15.6. The van der Waals surface area contributed by atoms with Gasteiger partial charge in [0.2, 0.25) is 6.08 Å². The molecule has 280 valence electrons. The monoisotopic (exact) mass is 686 g/mol. The van der Waals surface area contributed by atoms with Gasteiger partial charge in [0, 0.05) is 0 Å². The predicted molar refractivity (Wildman–Crippen MR) is 202 cm³/mol. The molecule has 0 aliphatic rings. The molecule has 0 atom stereocenters. The average molecular weight is 686 g/mol. The summed E-state index contributed by atoms with van der Waals surface area (Å²) >= 11 is 0. The van der Waals surface area contributed by atoms with Gasteiger partial charge in [0.15, 0.2) is 0 Å². The summed E-state index contributed by atoms with van der Waals surface area (Å²) in [4.78, 5) is 30.9. The van der Waals surface area contributed by atoms with E-state index in [4.69, 9.17) is 9.79 Å². The predicted octanol–water partition coefficient (Wildman–Crippen LogP) is 13.9. The quantitative estimate of drug-likeness (QED) is 0.0289. The molecule has 6 nitrogen and oxygen atoms in total. The van der Waals surface area contributed by atoms with Crippen molar-refractivity contribution < 1.29 is 23.7 Å². The second kappa shape index (κ2) is 39.9. The molecule has 0 unspecified atom stereocenters. The lowest BCUT2D eigenvalue weighted by molar-refractivity contribution is 0.193. The molecule has 0 saturated heterocycles. The summed E-state index contributed by atoms with van der Waals surface area (Å²) in [5.41, 5.74) is 0. The largest absolute Gasteiger partial charge is 0.469 e. The molecule has 0 amide bonds. The van der Waals surface area contributed by atoms with Crippen molar-refractivity contribution in [3.8, 4) is 0 Å². The number of phosphoric ester groups is 1. The lowest BCUT2D eigenvalue weighted by Crippen LogP contribution is -1.92. The SMILES string of the molecule is O=C=NCCCCCCCCCCCCCCCCCCCCCCCCCCCCCCCCCCCCCCCOP(=O)(O)O. The summed E-state index contributed by atoms with van der Waals surface area (Å²) in [6.07, 6.45) is 51.8. The van der Waals surface area contributed by atoms with Crippen LogP contribution in [-0.4, -0.2) is 29.0 Å². The molecule has 0 aromatic carbocycles. The summed E-state index contributed by atoms with van der Waals surface area (Å²) in [6, 6.07) is 0. The molecule has 0 aromatic heterocycles. The zero-order valence-electron chi connectivity index (χ0n) is 31.1. The minimum absolute atomic E-state index is 0.166. The van der Waals surface area contributed by atoms with Gasteiger partial charge in [-0.05, 0) is 12.8 Å². The van der Waals surface area contributed by atoms with Crippen LogP contribution in [0.15, 0.2) is 4.99 Å². The minimum Gasteiger partial charge on any atom is -0.303 e. The molecular weight excluding hydrogens is 605 g/mol. The number of hydrogen-bond acceptors (Lipinski definition) is 4. The number of carbonyl (C=O) groups excluding carboxylic acids is 1. The second-order valence-electron chi connectivity index (χ2n) is 14.4. The van der Waals surface area contributed by atoms with Gasteiger partial charge in [0.1, 0.15) is 0 Å². The van der Waals surface area contributed by atoms with E-state index in [2.05, 4.69) is 9.52 Å². The lowest BCUT2D eigenvalue weighted by Gasteiger charge is -2.05. The first-order valence-electron chi connectivity index (χ1n) is 20.8. The van der Waals surface area contributed by atoms with E-state index in [1.807, 2.05) is 0 Å². The number of isocyanates is 1. The van der Waals surface area contributed by atoms with Crippen LogP contribution in [0.3, 0.4) is 0 Å². The Kier molecular flexibility index (Phi) is 39.5. The van der Waals surface area contributed by atoms with Crippen molar-refractivity contribution in [2.75, 3.05) is 13.2 Å². The molecule has 0 rings (SSSR count). The van der Waals surface area contributed by atoms with Gasteiger partial charge in [0.25, 0.3) is 0 Å². The van der Waals surface area contributed by atoms with Crippen LogP contribution in [0, 0.1) is 0 Å². The van der Waals surface area contributed by atoms with E-state index in [9.17, 15) is 9.36 Å². The smallest absolute Gasteiger partial charge is 0.303 e. The van der Waals surface area contributed by atoms with Gasteiger partial charge in [-0.25, -0.2) is 14.4 Å². The third-order valence-corrected chi connectivity index (χ3v) is 10.3. The molecule has 0 fully saturated rings. The molecule has 2 N–H and O–H groups in total. The highest BCUT2D eigenvalue weighted by Gasteiger charge is 2.12. The van der Waals surface area contributed by atoms with Gasteiger partial charge in [0.05, 0.1) is 13.2 Å². The highest BCUT2D eigenvalue weighted by molar-refractivity contribution is 7.46. The molecule has 0 spiro atoms. The topological polar surface area (TPSA) is 96.2 Å². The number of nitrogens with zero attached hydrogens (tertiary/aromatic N) is 1. The number of phosphoric acid groups is 1. The zero-order valence-corrected chi connectivity index (χ0v) is 32.0. The summed E-state index contributed by atoms with van der Waals surface area (Å²) in [5.74, 6) is 0. The van der Waals surface area contributed by atoms with E-state index in [-0.39, 0.29) is 6.61 Å². The van der Waals surface area contributed by atoms with Crippen LogP contribution >= 0.6 is 7.82 Å². The molecule has 7 heteroatoms. The molecular formula is C40H80NO5P. The van der Waals surface area contributed by atoms with E-state index >= 15 is 0 Å². The maximum atomic E-state index is 10.6. The number of aliphatic imine (C=N–C) groups is 1. The van der Waals surface area contributed by atoms with Crippen molar-refractivity contribution in [1.82, 2.24) is 0 Å². The molecule has 0 bridgehead atoms. The summed E-state index contributed by atoms with van der Waals surface area (Å²) < 4.78 is 15.1. The first-order chi connectivity index (χ1) is 23.1. The maximum absolute atomic E-state index is 10.6. The molecule has 0 heterocycles. The Morgan fingerprint density at radius 3 is 0.745 bits per heavy atom. The lowest BCUT2D eigenvalue weighted by atomic mass is 10.0. The fraction of sp³-hybridized carbons (Fsp3) is 0.975. The number of hydrogen-bond donors (Lipinski definition) is 2. The van der Waals surface area contributed by atoms with Crippen molar-refractivity contribution in [2.45, 2.75) is 238 Å². The van der Waals surface area contributed by atoms with Gasteiger partial charge in [-0.1, -0.05) is 225 Å². The Labute approximate surface area is 292 Å². The zero-order chi connectivity index (χ0) is 34.2. The van der Waals surface area contributed by atoms with Gasteiger partial charge < -0.3 is 9.79 Å². The van der Waals surface area contributed by atoms with Gasteiger partial charge >= 0.3 is 7.82 Å². The summed E-state index contributed by atoms with van der Waals surface area (Å²) in [5, 5.41) is 0. The average Bonchev–Trinajstić information content (AvgIpc) is 3.05. The number of rotatable bonds is 41. The molecule has 0 aromatic rings. The fourth-order valence-electron chi connectivity index (χ4n) is 6.71. The molecule has 0 aliphatic heterocycles. The Morgan fingerprint density at radius 1 is 0.362 bits per heavy atom. The first kappa shape index (κ1) is 46.5. The van der Waals surface area contributed by atoms with Gasteiger partial charge in [-0.15, -0.1) is 0 Å². The highest BCUT2D eigenvalue weighted by atomic mass is 31.2. The molecule has 0 aliphatic carbocycles. The molecule has 0 saturated carbocycles. The van der Waals surface area contributed by atoms with Crippen molar-refractivity contribution >= 4 is 13.9 Å². The van der Waals surface area contributed by atoms with E-state index in [0.29, 0.717) is 6.54 Å². The van der Waals surface area contributed by atoms with Crippen LogP contribution in [0.25, 0.3) is 0 Å². The Bertz CT molecular complexity index is 694. The fourth-order valence-corrected chi connectivity index (χ4v) is 7.08. The van der Waals surface area contributed by atoms with Gasteiger partial charge in [-0.3, -0.25) is 4.52 Å². The minimum atomic E-state index is -4.28. The molecule has 47 heavy (non-hydrogen) atoms. The van der Waals surface area contributed by atoms with Crippen molar-refractivity contribution in [3.63, 3.8) is 0 Å². The van der Waals surface area contributed by atoms with Crippen molar-refractivity contribution in [1.29, 1.82) is 0 Å². The van der Waals surface area contributed by atoms with Crippen LogP contribution in [-0.2, 0) is 13.9 Å². The van der Waals surface area contributed by atoms with E-state index < -0.39 is 7.82 Å². The van der Waals surface area contributed by atoms with E-state index in [1.165, 1.54) is 212 Å². The van der Waals surface area contributed by atoms with Gasteiger partial charge in [-0.2, -0.15) is 0 Å². The van der Waals surface area contributed by atoms with Crippen molar-refractivity contribution in [2.24, 2.45) is 4.99 Å². The van der Waals surface area contributed by atoms with Crippen LogP contribution in [0.2, 0.25) is 0 Å². The number of unbranched alkanes of at least 4 members (excludes halogenated alkanes) is 36. The summed E-state index contributed by atoms with van der Waals surface area (Å²) in [7, 11) is -4.28. The third-order valence-electron chi connectivity index (χ3n) is 9.74. The van der Waals surface area contributed by atoms with Crippen LogP contribution in [0.1, 0.15) is 238 Å². The highest BCUT2D eigenvalue weighted by Crippen LogP contribution is 2.35.